The minimum absolute atomic E-state index is 0.130. The van der Waals surface area contributed by atoms with Gasteiger partial charge in [-0.25, -0.2) is 14.5 Å². The van der Waals surface area contributed by atoms with Crippen molar-refractivity contribution in [1.29, 1.82) is 0 Å². The average molecular weight is 619 g/mol. The first-order valence-electron chi connectivity index (χ1n) is 12.0. The molecule has 0 aliphatic heterocycles. The summed E-state index contributed by atoms with van der Waals surface area (Å²) in [4.78, 5) is 19.6. The summed E-state index contributed by atoms with van der Waals surface area (Å²) in [6.45, 7) is 0.261. The molecule has 0 bridgehead atoms. The van der Waals surface area contributed by atoms with Crippen molar-refractivity contribution in [2.45, 2.75) is 25.6 Å². The number of halogens is 4. The van der Waals surface area contributed by atoms with Crippen molar-refractivity contribution in [2.75, 3.05) is 26.9 Å². The van der Waals surface area contributed by atoms with Crippen LogP contribution in [0.1, 0.15) is 23.2 Å². The smallest absolute Gasteiger partial charge is 0.421 e. The highest BCUT2D eigenvalue weighted by molar-refractivity contribution is 7.88. The molecule has 2 N–H and O–H groups in total. The van der Waals surface area contributed by atoms with Gasteiger partial charge in [-0.05, 0) is 42.7 Å². The van der Waals surface area contributed by atoms with Crippen LogP contribution in [-0.2, 0) is 38.8 Å². The second kappa shape index (κ2) is 14.8. The second-order valence-corrected chi connectivity index (χ2v) is 10.1. The molecule has 0 aliphatic rings. The van der Waals surface area contributed by atoms with E-state index in [9.17, 15) is 26.4 Å². The number of ether oxygens (including phenoxy) is 4. The maximum atomic E-state index is 13.0. The summed E-state index contributed by atoms with van der Waals surface area (Å²) in [6.07, 6.45) is -3.20. The zero-order valence-corrected chi connectivity index (χ0v) is 23.2. The Kier molecular flexibility index (Phi) is 11.5. The predicted molar refractivity (Wildman–Crippen MR) is 141 cm³/mol. The van der Waals surface area contributed by atoms with E-state index in [4.69, 9.17) is 30.5 Å². The number of carbonyl (C=O) groups is 1. The number of rotatable bonds is 14. The zero-order chi connectivity index (χ0) is 29.9. The van der Waals surface area contributed by atoms with Gasteiger partial charge in [0.05, 0.1) is 31.0 Å². The number of nitrogens with zero attached hydrogens (tertiary/aromatic N) is 2. The first-order chi connectivity index (χ1) is 19.5. The fourth-order valence-corrected chi connectivity index (χ4v) is 4.10. The quantitative estimate of drug-likeness (QED) is 0.247. The molecule has 0 spiro atoms. The lowest BCUT2D eigenvalue weighted by atomic mass is 10.1. The van der Waals surface area contributed by atoms with Crippen molar-refractivity contribution in [2.24, 2.45) is 0 Å². The number of benzene rings is 1. The first kappa shape index (κ1) is 31.9. The summed E-state index contributed by atoms with van der Waals surface area (Å²) in [6, 6.07) is 10.5. The van der Waals surface area contributed by atoms with Gasteiger partial charge >= 0.3 is 22.5 Å². The Bertz CT molecular complexity index is 1410. The summed E-state index contributed by atoms with van der Waals surface area (Å²) < 4.78 is 88.2. The lowest BCUT2D eigenvalue weighted by molar-refractivity contribution is -0.137. The largest absolute Gasteiger partial charge is 0.491 e. The molecule has 0 unspecified atom stereocenters. The SMILES string of the molecule is COCCOc1ccc(CCCOC(=O)NS(=O)(=O)NCc2ccccn2)c(Oc2ncc(C(F)(F)F)cc2Cl)c1. The molecule has 3 aromatic rings. The summed E-state index contributed by atoms with van der Waals surface area (Å²) in [7, 11) is -2.68. The number of aromatic nitrogens is 2. The van der Waals surface area contributed by atoms with Gasteiger partial charge in [0.25, 0.3) is 0 Å². The number of pyridine rings is 2. The van der Waals surface area contributed by atoms with Gasteiger partial charge < -0.3 is 18.9 Å². The second-order valence-electron chi connectivity index (χ2n) is 8.21. The van der Waals surface area contributed by atoms with Crippen LogP contribution < -0.4 is 18.9 Å². The minimum Gasteiger partial charge on any atom is -0.491 e. The van der Waals surface area contributed by atoms with E-state index in [1.165, 1.54) is 19.4 Å². The van der Waals surface area contributed by atoms with E-state index in [1.807, 2.05) is 0 Å². The lowest BCUT2D eigenvalue weighted by Crippen LogP contribution is -2.40. The minimum atomic E-state index is -4.63. The van der Waals surface area contributed by atoms with Gasteiger partial charge in [-0.2, -0.15) is 26.3 Å². The van der Waals surface area contributed by atoms with Gasteiger partial charge in [0, 0.05) is 25.6 Å². The Morgan fingerprint density at radius 1 is 1.07 bits per heavy atom. The fourth-order valence-electron chi connectivity index (χ4n) is 3.20. The van der Waals surface area contributed by atoms with Gasteiger partial charge in [0.2, 0.25) is 5.88 Å². The number of hydrogen-bond donors (Lipinski definition) is 2. The maximum absolute atomic E-state index is 13.0. The molecule has 2 heterocycles. The number of amides is 1. The highest BCUT2D eigenvalue weighted by Gasteiger charge is 2.32. The van der Waals surface area contributed by atoms with Crippen LogP contribution >= 0.6 is 11.6 Å². The van der Waals surface area contributed by atoms with E-state index in [2.05, 4.69) is 14.7 Å². The Labute approximate surface area is 239 Å². The molecule has 41 heavy (non-hydrogen) atoms. The predicted octanol–water partition coefficient (Wildman–Crippen LogP) is 4.66. The third kappa shape index (κ3) is 10.7. The summed E-state index contributed by atoms with van der Waals surface area (Å²) in [5.74, 6) is 0.330. The van der Waals surface area contributed by atoms with Crippen molar-refractivity contribution in [3.8, 4) is 17.4 Å². The molecule has 1 aromatic carbocycles. The topological polar surface area (TPSA) is 138 Å². The zero-order valence-electron chi connectivity index (χ0n) is 21.6. The lowest BCUT2D eigenvalue weighted by Gasteiger charge is -2.15. The van der Waals surface area contributed by atoms with E-state index in [0.29, 0.717) is 35.9 Å². The molecule has 0 saturated heterocycles. The third-order valence-electron chi connectivity index (χ3n) is 5.15. The molecule has 2 aromatic heterocycles. The molecule has 3 rings (SSSR count). The maximum Gasteiger partial charge on any atom is 0.421 e. The van der Waals surface area contributed by atoms with Crippen LogP contribution in [0.25, 0.3) is 0 Å². The van der Waals surface area contributed by atoms with E-state index >= 15 is 0 Å². The molecule has 0 aliphatic carbocycles. The molecule has 16 heteroatoms. The van der Waals surface area contributed by atoms with Crippen molar-refractivity contribution in [3.63, 3.8) is 0 Å². The summed E-state index contributed by atoms with van der Waals surface area (Å²) in [5.41, 5.74) is -0.0150. The van der Waals surface area contributed by atoms with Crippen LogP contribution in [0.4, 0.5) is 18.0 Å². The van der Waals surface area contributed by atoms with Gasteiger partial charge in [-0.15, -0.1) is 0 Å². The first-order valence-corrected chi connectivity index (χ1v) is 13.8. The van der Waals surface area contributed by atoms with Gasteiger partial charge in [0.15, 0.2) is 0 Å². The monoisotopic (exact) mass is 618 g/mol. The van der Waals surface area contributed by atoms with E-state index in [-0.39, 0.29) is 49.3 Å². The van der Waals surface area contributed by atoms with E-state index in [1.54, 1.807) is 35.1 Å². The standard InChI is InChI=1S/C25H26ClF3N4O7S/c1-37-11-12-38-20-8-7-17(22(14-20)40-23-21(26)13-18(15-31-23)25(27,28)29)5-4-10-39-24(34)33-41(35,36)32-16-19-6-2-3-9-30-19/h2-3,6-9,13-15,32H,4-5,10-12,16H2,1H3,(H,33,34). The fraction of sp³-hybridized carbons (Fsp3) is 0.320. The Balaban J connectivity index is 1.60. The number of nitrogens with one attached hydrogen (secondary N) is 2. The molecule has 222 valence electrons. The van der Waals surface area contributed by atoms with Gasteiger partial charge in [-0.3, -0.25) is 4.98 Å². The van der Waals surface area contributed by atoms with Gasteiger partial charge in [0.1, 0.15) is 23.1 Å². The summed E-state index contributed by atoms with van der Waals surface area (Å²) >= 11 is 5.99. The van der Waals surface area contributed by atoms with Crippen LogP contribution in [0.15, 0.2) is 54.9 Å². The Morgan fingerprint density at radius 3 is 2.56 bits per heavy atom. The van der Waals surface area contributed by atoms with Crippen LogP contribution in [0.2, 0.25) is 5.02 Å². The number of aryl methyl sites for hydroxylation is 1. The molecule has 1 amide bonds. The average Bonchev–Trinajstić information content (AvgIpc) is 2.92. The van der Waals surface area contributed by atoms with Gasteiger partial charge in [-0.1, -0.05) is 23.7 Å². The van der Waals surface area contributed by atoms with Crippen LogP contribution in [0.5, 0.6) is 17.4 Å². The number of methoxy groups -OCH3 is 1. The molecular weight excluding hydrogens is 593 g/mol. The molecule has 0 radical (unpaired) electrons. The normalized spacial score (nSPS) is 11.6. The molecule has 0 fully saturated rings. The number of alkyl halides is 3. The highest BCUT2D eigenvalue weighted by atomic mass is 35.5. The van der Waals surface area contributed by atoms with Crippen molar-refractivity contribution >= 4 is 27.9 Å². The Hall–Kier alpha value is -3.66. The molecular formula is C25H26ClF3N4O7S. The summed E-state index contributed by atoms with van der Waals surface area (Å²) in [5, 5.41) is -0.352. The Morgan fingerprint density at radius 2 is 1.88 bits per heavy atom. The van der Waals surface area contributed by atoms with Crippen molar-refractivity contribution in [3.05, 3.63) is 76.7 Å². The molecule has 0 atom stereocenters. The van der Waals surface area contributed by atoms with Crippen LogP contribution in [-0.4, -0.2) is 51.4 Å². The van der Waals surface area contributed by atoms with Crippen molar-refractivity contribution in [1.82, 2.24) is 19.4 Å². The molecule has 0 saturated carbocycles. The third-order valence-corrected chi connectivity index (χ3v) is 6.38. The number of carbonyl (C=O) groups excluding carboxylic acids is 1. The van der Waals surface area contributed by atoms with Crippen LogP contribution in [0.3, 0.4) is 0 Å². The molecule has 11 nitrogen and oxygen atoms in total. The van der Waals surface area contributed by atoms with E-state index in [0.717, 1.165) is 0 Å². The highest BCUT2D eigenvalue weighted by Crippen LogP contribution is 2.36. The van der Waals surface area contributed by atoms with Crippen LogP contribution in [0, 0.1) is 0 Å². The van der Waals surface area contributed by atoms with E-state index < -0.39 is 28.0 Å². The van der Waals surface area contributed by atoms with Crippen molar-refractivity contribution < 1.29 is 45.3 Å². The number of hydrogen-bond acceptors (Lipinski definition) is 9.